The van der Waals surface area contributed by atoms with Gasteiger partial charge in [0.1, 0.15) is 5.75 Å². The van der Waals surface area contributed by atoms with Gasteiger partial charge in [-0.3, -0.25) is 9.78 Å². The topological polar surface area (TPSA) is 69.5 Å². The van der Waals surface area contributed by atoms with Crippen LogP contribution >= 0.6 is 0 Å². The maximum Gasteiger partial charge on any atom is 0.236 e. The van der Waals surface area contributed by atoms with Crippen LogP contribution in [-0.4, -0.2) is 61.0 Å². The van der Waals surface area contributed by atoms with Gasteiger partial charge < -0.3 is 14.5 Å². The molecule has 2 heterocycles. The number of ether oxygens (including phenoxy) is 1. The first-order valence-electron chi connectivity index (χ1n) is 9.03. The molecule has 0 radical (unpaired) electrons. The fourth-order valence-corrected chi connectivity index (χ4v) is 3.17. The Morgan fingerprint density at radius 2 is 2.26 bits per heavy atom. The summed E-state index contributed by atoms with van der Waals surface area (Å²) in [5.41, 5.74) is 1.09. The van der Waals surface area contributed by atoms with Gasteiger partial charge in [-0.05, 0) is 43.6 Å². The van der Waals surface area contributed by atoms with Crippen molar-refractivity contribution in [3.8, 4) is 11.8 Å². The molecule has 6 nitrogen and oxygen atoms in total. The molecule has 0 aliphatic carbocycles. The van der Waals surface area contributed by atoms with Gasteiger partial charge in [-0.15, -0.1) is 0 Å². The molecular weight excluding hydrogens is 340 g/mol. The number of allylic oxidation sites excluding steroid dienone is 2. The number of benzene rings is 1. The van der Waals surface area contributed by atoms with Crippen LogP contribution in [0.5, 0.6) is 5.75 Å². The SMILES string of the molecule is CN(C)CC(=O)N1CC(COc2cc(CC=CC#N)cc3ccncc23)C1. The third-order valence-electron chi connectivity index (χ3n) is 4.56. The van der Waals surface area contributed by atoms with Crippen molar-refractivity contribution < 1.29 is 9.53 Å². The lowest BCUT2D eigenvalue weighted by atomic mass is 10.0. The van der Waals surface area contributed by atoms with Gasteiger partial charge in [0, 0.05) is 42.9 Å². The van der Waals surface area contributed by atoms with Crippen LogP contribution in [-0.2, 0) is 11.2 Å². The Bertz CT molecular complexity index is 879. The second-order valence-corrected chi connectivity index (χ2v) is 7.14. The van der Waals surface area contributed by atoms with E-state index >= 15 is 0 Å². The molecule has 140 valence electrons. The van der Waals surface area contributed by atoms with Crippen LogP contribution in [0.1, 0.15) is 5.56 Å². The van der Waals surface area contributed by atoms with E-state index in [1.54, 1.807) is 6.20 Å². The van der Waals surface area contributed by atoms with Crippen LogP contribution < -0.4 is 4.74 Å². The van der Waals surface area contributed by atoms with Crippen LogP contribution in [0.25, 0.3) is 10.8 Å². The number of carbonyl (C=O) groups is 1. The molecule has 0 N–H and O–H groups in total. The highest BCUT2D eigenvalue weighted by Crippen LogP contribution is 2.28. The summed E-state index contributed by atoms with van der Waals surface area (Å²) >= 11 is 0. The summed E-state index contributed by atoms with van der Waals surface area (Å²) in [6, 6.07) is 8.08. The lowest BCUT2D eigenvalue weighted by molar-refractivity contribution is -0.138. The number of amides is 1. The van der Waals surface area contributed by atoms with Gasteiger partial charge >= 0.3 is 0 Å². The third kappa shape index (κ3) is 4.83. The standard InChI is InChI=1S/C21H24N4O2/c1-24(2)14-21(26)25-12-17(13-25)15-27-20-10-16(5-3-4-7-22)9-18-6-8-23-11-19(18)20/h3-4,6,8-11,17H,5,12-15H2,1-2H3. The van der Waals surface area contributed by atoms with E-state index < -0.39 is 0 Å². The fourth-order valence-electron chi connectivity index (χ4n) is 3.17. The number of nitriles is 1. The number of carbonyl (C=O) groups excluding carboxylic acids is 1. The zero-order valence-electron chi connectivity index (χ0n) is 15.8. The van der Waals surface area contributed by atoms with Crippen molar-refractivity contribution >= 4 is 16.7 Å². The Balaban J connectivity index is 1.64. The second-order valence-electron chi connectivity index (χ2n) is 7.14. The highest BCUT2D eigenvalue weighted by molar-refractivity contribution is 5.88. The Kier molecular flexibility index (Phi) is 6.05. The molecular formula is C21H24N4O2. The highest BCUT2D eigenvalue weighted by atomic mass is 16.5. The lowest BCUT2D eigenvalue weighted by Crippen LogP contribution is -2.54. The van der Waals surface area contributed by atoms with Gasteiger partial charge in [0.25, 0.3) is 0 Å². The molecule has 0 unspecified atom stereocenters. The van der Waals surface area contributed by atoms with Crippen molar-refractivity contribution in [2.75, 3.05) is 40.3 Å². The van der Waals surface area contributed by atoms with Crippen LogP contribution in [0.4, 0.5) is 0 Å². The third-order valence-corrected chi connectivity index (χ3v) is 4.56. The van der Waals surface area contributed by atoms with Gasteiger partial charge in [0.15, 0.2) is 0 Å². The molecule has 2 aromatic rings. The molecule has 1 aliphatic rings. The summed E-state index contributed by atoms with van der Waals surface area (Å²) in [7, 11) is 3.80. The van der Waals surface area contributed by atoms with E-state index in [1.165, 1.54) is 6.08 Å². The van der Waals surface area contributed by atoms with E-state index in [2.05, 4.69) is 11.1 Å². The van der Waals surface area contributed by atoms with Gasteiger partial charge in [0.2, 0.25) is 5.91 Å². The van der Waals surface area contributed by atoms with Crippen molar-refractivity contribution in [2.24, 2.45) is 5.92 Å². The maximum atomic E-state index is 12.0. The first-order valence-corrected chi connectivity index (χ1v) is 9.03. The van der Waals surface area contributed by atoms with Gasteiger partial charge in [-0.1, -0.05) is 12.1 Å². The van der Waals surface area contributed by atoms with Gasteiger partial charge in [-0.2, -0.15) is 5.26 Å². The number of nitrogens with zero attached hydrogens (tertiary/aromatic N) is 4. The minimum atomic E-state index is 0.164. The molecule has 3 rings (SSSR count). The fraction of sp³-hybridized carbons (Fsp3) is 0.381. The van der Waals surface area contributed by atoms with E-state index in [0.29, 0.717) is 25.5 Å². The summed E-state index contributed by atoms with van der Waals surface area (Å²) in [5, 5.41) is 10.7. The van der Waals surface area contributed by atoms with Crippen molar-refractivity contribution in [3.63, 3.8) is 0 Å². The van der Waals surface area contributed by atoms with Crippen LogP contribution in [0.3, 0.4) is 0 Å². The summed E-state index contributed by atoms with van der Waals surface area (Å²) in [4.78, 5) is 20.0. The molecule has 0 bridgehead atoms. The van der Waals surface area contributed by atoms with Gasteiger partial charge in [0.05, 0.1) is 19.2 Å². The largest absolute Gasteiger partial charge is 0.492 e. The van der Waals surface area contributed by atoms with Crippen molar-refractivity contribution in [1.29, 1.82) is 5.26 Å². The maximum absolute atomic E-state index is 12.0. The van der Waals surface area contributed by atoms with Crippen LogP contribution in [0.15, 0.2) is 42.7 Å². The Morgan fingerprint density at radius 3 is 3.00 bits per heavy atom. The van der Waals surface area contributed by atoms with E-state index in [9.17, 15) is 4.79 Å². The molecule has 1 aromatic heterocycles. The first kappa shape index (κ1) is 18.9. The highest BCUT2D eigenvalue weighted by Gasteiger charge is 2.31. The Labute approximate surface area is 159 Å². The molecule has 27 heavy (non-hydrogen) atoms. The number of aromatic nitrogens is 1. The number of rotatable bonds is 7. The smallest absolute Gasteiger partial charge is 0.236 e. The van der Waals surface area contributed by atoms with E-state index in [4.69, 9.17) is 10.00 Å². The van der Waals surface area contributed by atoms with Crippen LogP contribution in [0, 0.1) is 17.2 Å². The number of fused-ring (bicyclic) bond motifs is 1. The van der Waals surface area contributed by atoms with Crippen LogP contribution in [0.2, 0.25) is 0 Å². The molecule has 1 saturated heterocycles. The Hall–Kier alpha value is -2.91. The minimum absolute atomic E-state index is 0.164. The lowest BCUT2D eigenvalue weighted by Gasteiger charge is -2.39. The van der Waals surface area contributed by atoms with Gasteiger partial charge in [-0.25, -0.2) is 0 Å². The summed E-state index contributed by atoms with van der Waals surface area (Å²) in [5.74, 6) is 1.32. The number of likely N-dealkylation sites (tertiary alicyclic amines) is 1. The zero-order valence-corrected chi connectivity index (χ0v) is 15.8. The summed E-state index contributed by atoms with van der Waals surface area (Å²) < 4.78 is 6.10. The Morgan fingerprint density at radius 1 is 1.44 bits per heavy atom. The average molecular weight is 364 g/mol. The van der Waals surface area contributed by atoms with E-state index in [1.807, 2.05) is 54.4 Å². The van der Waals surface area contributed by atoms with E-state index in [-0.39, 0.29) is 5.91 Å². The molecule has 0 saturated carbocycles. The molecule has 0 spiro atoms. The molecule has 0 atom stereocenters. The molecule has 1 aliphatic heterocycles. The zero-order chi connectivity index (χ0) is 19.2. The number of hydrogen-bond donors (Lipinski definition) is 0. The van der Waals surface area contributed by atoms with Crippen molar-refractivity contribution in [1.82, 2.24) is 14.8 Å². The molecule has 6 heteroatoms. The second kappa shape index (κ2) is 8.65. The predicted octanol–water partition coefficient (Wildman–Crippen LogP) is 2.26. The summed E-state index contributed by atoms with van der Waals surface area (Å²) in [6.07, 6.45) is 7.59. The normalized spacial score (nSPS) is 14.5. The molecule has 1 amide bonds. The first-order chi connectivity index (χ1) is 13.1. The monoisotopic (exact) mass is 364 g/mol. The molecule has 1 aromatic carbocycles. The predicted molar refractivity (Wildman–Crippen MR) is 104 cm³/mol. The van der Waals surface area contributed by atoms with Crippen molar-refractivity contribution in [3.05, 3.63) is 48.3 Å². The van der Waals surface area contributed by atoms with E-state index in [0.717, 1.165) is 35.2 Å². The quantitative estimate of drug-likeness (QED) is 0.705. The number of likely N-dealkylation sites (N-methyl/N-ethyl adjacent to an activating group) is 1. The number of pyridine rings is 1. The minimum Gasteiger partial charge on any atom is -0.492 e. The summed E-state index contributed by atoms with van der Waals surface area (Å²) in [6.45, 7) is 2.51. The average Bonchev–Trinajstić information content (AvgIpc) is 2.60. The number of hydrogen-bond acceptors (Lipinski definition) is 5. The molecule has 1 fully saturated rings. The van der Waals surface area contributed by atoms with Crippen molar-refractivity contribution in [2.45, 2.75) is 6.42 Å².